The van der Waals surface area contributed by atoms with E-state index in [2.05, 4.69) is 18.4 Å². The summed E-state index contributed by atoms with van der Waals surface area (Å²) in [5.41, 5.74) is 1.29. The van der Waals surface area contributed by atoms with Crippen LogP contribution in [0.2, 0.25) is 0 Å². The first-order valence-corrected chi connectivity index (χ1v) is 12.8. The molecule has 1 saturated heterocycles. The SMILES string of the molecule is CCC1c2ccsc2CCN1C(=O)C1CCN(S(=O)(=O)c2ccc(OC)cc2)CC1. The highest BCUT2D eigenvalue weighted by Gasteiger charge is 2.37. The van der Waals surface area contributed by atoms with Crippen LogP contribution in [-0.4, -0.2) is 50.3 Å². The molecule has 4 rings (SSSR count). The Bertz CT molecular complexity index is 992. The van der Waals surface area contributed by atoms with Gasteiger partial charge in [0.05, 0.1) is 18.0 Å². The van der Waals surface area contributed by atoms with Gasteiger partial charge in [-0.3, -0.25) is 4.79 Å². The molecule has 8 heteroatoms. The fraction of sp³-hybridized carbons (Fsp3) is 0.500. The zero-order valence-electron chi connectivity index (χ0n) is 17.4. The Morgan fingerprint density at radius 3 is 2.47 bits per heavy atom. The van der Waals surface area contributed by atoms with Crippen molar-refractivity contribution in [3.63, 3.8) is 0 Å². The summed E-state index contributed by atoms with van der Waals surface area (Å²) in [6, 6.07) is 8.75. The lowest BCUT2D eigenvalue weighted by Gasteiger charge is -2.39. The largest absolute Gasteiger partial charge is 0.497 e. The van der Waals surface area contributed by atoms with E-state index in [-0.39, 0.29) is 22.8 Å². The molecule has 1 amide bonds. The van der Waals surface area contributed by atoms with Crippen molar-refractivity contribution < 1.29 is 17.9 Å². The first-order chi connectivity index (χ1) is 14.5. The number of methoxy groups -OCH3 is 1. The van der Waals surface area contributed by atoms with E-state index in [1.165, 1.54) is 14.7 Å². The number of thiophene rings is 1. The topological polar surface area (TPSA) is 66.9 Å². The number of benzene rings is 1. The lowest BCUT2D eigenvalue weighted by atomic mass is 9.92. The van der Waals surface area contributed by atoms with E-state index in [1.54, 1.807) is 42.7 Å². The number of nitrogens with zero attached hydrogens (tertiary/aromatic N) is 2. The van der Waals surface area contributed by atoms with E-state index in [0.717, 1.165) is 19.4 Å². The Kier molecular flexibility index (Phi) is 6.18. The van der Waals surface area contributed by atoms with Crippen LogP contribution in [0.25, 0.3) is 0 Å². The molecular weight excluding hydrogens is 420 g/mol. The summed E-state index contributed by atoms with van der Waals surface area (Å²) >= 11 is 1.78. The molecule has 2 aromatic rings. The number of sulfonamides is 1. The zero-order chi connectivity index (χ0) is 21.3. The smallest absolute Gasteiger partial charge is 0.243 e. The summed E-state index contributed by atoms with van der Waals surface area (Å²) in [6.07, 6.45) is 2.95. The Balaban J connectivity index is 1.42. The third kappa shape index (κ3) is 3.88. The van der Waals surface area contributed by atoms with Gasteiger partial charge in [-0.25, -0.2) is 8.42 Å². The number of carbonyl (C=O) groups is 1. The van der Waals surface area contributed by atoms with Crippen molar-refractivity contribution in [2.24, 2.45) is 5.92 Å². The van der Waals surface area contributed by atoms with Crippen LogP contribution in [0.3, 0.4) is 0 Å². The Labute approximate surface area is 182 Å². The highest BCUT2D eigenvalue weighted by atomic mass is 32.2. The van der Waals surface area contributed by atoms with Gasteiger partial charge in [-0.2, -0.15) is 4.31 Å². The average Bonchev–Trinajstić information content (AvgIpc) is 3.27. The molecule has 30 heavy (non-hydrogen) atoms. The maximum Gasteiger partial charge on any atom is 0.243 e. The summed E-state index contributed by atoms with van der Waals surface area (Å²) in [6.45, 7) is 3.63. The van der Waals surface area contributed by atoms with E-state index in [1.807, 2.05) is 4.90 Å². The standard InChI is InChI=1S/C22H28N2O4S2/c1-3-20-19-11-15-29-21(19)10-14-24(20)22(25)16-8-12-23(13-9-16)30(26,27)18-6-4-17(28-2)5-7-18/h4-7,11,15-16,20H,3,8-10,12-14H2,1-2H3. The van der Waals surface area contributed by atoms with Gasteiger partial charge >= 0.3 is 0 Å². The Morgan fingerprint density at radius 2 is 1.83 bits per heavy atom. The van der Waals surface area contributed by atoms with Crippen LogP contribution in [-0.2, 0) is 21.2 Å². The van der Waals surface area contributed by atoms with E-state index >= 15 is 0 Å². The van der Waals surface area contributed by atoms with Gasteiger partial charge < -0.3 is 9.64 Å². The molecule has 3 heterocycles. The predicted octanol–water partition coefficient (Wildman–Crippen LogP) is 3.69. The van der Waals surface area contributed by atoms with E-state index < -0.39 is 10.0 Å². The summed E-state index contributed by atoms with van der Waals surface area (Å²) in [7, 11) is -2.00. The number of ether oxygens (including phenoxy) is 1. The van der Waals surface area contributed by atoms with Crippen LogP contribution >= 0.6 is 11.3 Å². The number of hydrogen-bond donors (Lipinski definition) is 0. The molecule has 0 N–H and O–H groups in total. The number of hydrogen-bond acceptors (Lipinski definition) is 5. The fourth-order valence-electron chi connectivity index (χ4n) is 4.57. The second kappa shape index (κ2) is 8.69. The molecule has 1 fully saturated rings. The van der Waals surface area contributed by atoms with Gasteiger partial charge in [0.25, 0.3) is 0 Å². The lowest BCUT2D eigenvalue weighted by molar-refractivity contribution is -0.139. The quantitative estimate of drug-likeness (QED) is 0.700. The molecule has 2 aliphatic rings. The second-order valence-electron chi connectivity index (χ2n) is 7.86. The Hall–Kier alpha value is -1.90. The highest BCUT2D eigenvalue weighted by Crippen LogP contribution is 2.37. The van der Waals surface area contributed by atoms with Gasteiger partial charge in [0.2, 0.25) is 15.9 Å². The molecule has 2 aliphatic heterocycles. The third-order valence-electron chi connectivity index (χ3n) is 6.27. The molecule has 162 valence electrons. The van der Waals surface area contributed by atoms with Crippen LogP contribution < -0.4 is 4.74 Å². The molecule has 0 radical (unpaired) electrons. The van der Waals surface area contributed by atoms with Crippen molar-refractivity contribution >= 4 is 27.3 Å². The van der Waals surface area contributed by atoms with Crippen molar-refractivity contribution in [2.75, 3.05) is 26.7 Å². The minimum absolute atomic E-state index is 0.110. The van der Waals surface area contributed by atoms with Crippen LogP contribution in [0, 0.1) is 5.92 Å². The van der Waals surface area contributed by atoms with Gasteiger partial charge in [-0.05, 0) is 67.0 Å². The fourth-order valence-corrected chi connectivity index (χ4v) is 6.97. The van der Waals surface area contributed by atoms with Crippen LogP contribution in [0.5, 0.6) is 5.75 Å². The highest BCUT2D eigenvalue weighted by molar-refractivity contribution is 7.89. The average molecular weight is 449 g/mol. The molecule has 0 spiro atoms. The number of rotatable bonds is 5. The summed E-state index contributed by atoms with van der Waals surface area (Å²) in [5.74, 6) is 0.695. The number of piperidine rings is 1. The molecule has 1 aromatic heterocycles. The normalized spacial score (nSPS) is 20.7. The van der Waals surface area contributed by atoms with Gasteiger partial charge in [-0.15, -0.1) is 11.3 Å². The number of carbonyl (C=O) groups excluding carboxylic acids is 1. The Morgan fingerprint density at radius 1 is 1.13 bits per heavy atom. The first kappa shape index (κ1) is 21.3. The van der Waals surface area contributed by atoms with Gasteiger partial charge in [0, 0.05) is 30.4 Å². The van der Waals surface area contributed by atoms with Crippen molar-refractivity contribution in [3.05, 3.63) is 46.2 Å². The predicted molar refractivity (Wildman–Crippen MR) is 117 cm³/mol. The van der Waals surface area contributed by atoms with Crippen molar-refractivity contribution in [2.45, 2.75) is 43.5 Å². The van der Waals surface area contributed by atoms with Crippen LogP contribution in [0.15, 0.2) is 40.6 Å². The summed E-state index contributed by atoms with van der Waals surface area (Å²) in [5, 5.41) is 2.11. The second-order valence-corrected chi connectivity index (χ2v) is 10.8. The molecule has 0 aliphatic carbocycles. The van der Waals surface area contributed by atoms with Crippen LogP contribution in [0.4, 0.5) is 0 Å². The molecule has 0 saturated carbocycles. The number of fused-ring (bicyclic) bond motifs is 1. The monoisotopic (exact) mass is 448 g/mol. The van der Waals surface area contributed by atoms with Crippen molar-refractivity contribution in [1.29, 1.82) is 0 Å². The van der Waals surface area contributed by atoms with Gasteiger partial charge in [0.1, 0.15) is 5.75 Å². The molecule has 1 unspecified atom stereocenters. The van der Waals surface area contributed by atoms with E-state index in [4.69, 9.17) is 4.74 Å². The molecule has 1 aromatic carbocycles. The van der Waals surface area contributed by atoms with Gasteiger partial charge in [-0.1, -0.05) is 6.92 Å². The van der Waals surface area contributed by atoms with Crippen molar-refractivity contribution in [3.8, 4) is 5.75 Å². The third-order valence-corrected chi connectivity index (χ3v) is 9.17. The molecule has 1 atom stereocenters. The minimum atomic E-state index is -3.55. The maximum absolute atomic E-state index is 13.3. The summed E-state index contributed by atoms with van der Waals surface area (Å²) < 4.78 is 32.5. The van der Waals surface area contributed by atoms with Crippen molar-refractivity contribution in [1.82, 2.24) is 9.21 Å². The van der Waals surface area contributed by atoms with E-state index in [9.17, 15) is 13.2 Å². The number of amides is 1. The first-order valence-electron chi connectivity index (χ1n) is 10.5. The van der Waals surface area contributed by atoms with Gasteiger partial charge in [0.15, 0.2) is 0 Å². The zero-order valence-corrected chi connectivity index (χ0v) is 19.0. The minimum Gasteiger partial charge on any atom is -0.497 e. The maximum atomic E-state index is 13.3. The molecule has 6 nitrogen and oxygen atoms in total. The van der Waals surface area contributed by atoms with Crippen LogP contribution in [0.1, 0.15) is 42.7 Å². The molecule has 0 bridgehead atoms. The summed E-state index contributed by atoms with van der Waals surface area (Å²) in [4.78, 5) is 17.0. The lowest BCUT2D eigenvalue weighted by Crippen LogP contribution is -2.47. The van der Waals surface area contributed by atoms with E-state index in [0.29, 0.717) is 31.7 Å². The molecular formula is C22H28N2O4S2.